The predicted octanol–water partition coefficient (Wildman–Crippen LogP) is 2.34. The molecule has 1 aromatic carbocycles. The average molecular weight is 377 g/mol. The highest BCUT2D eigenvalue weighted by Crippen LogP contribution is 2.25. The molecule has 140 valence electrons. The Kier molecular flexibility index (Phi) is 6.46. The van der Waals surface area contributed by atoms with Crippen molar-refractivity contribution in [3.8, 4) is 0 Å². The lowest BCUT2D eigenvalue weighted by Gasteiger charge is -2.33. The number of hydrogen-bond donors (Lipinski definition) is 3. The van der Waals surface area contributed by atoms with Crippen molar-refractivity contribution in [2.75, 3.05) is 26.2 Å². The van der Waals surface area contributed by atoms with Crippen LogP contribution in [0.3, 0.4) is 0 Å². The Balaban J connectivity index is 1.62. The van der Waals surface area contributed by atoms with E-state index in [4.69, 9.17) is 11.6 Å². The minimum absolute atomic E-state index is 0.272. The summed E-state index contributed by atoms with van der Waals surface area (Å²) >= 11 is 6.16. The van der Waals surface area contributed by atoms with E-state index in [9.17, 15) is 5.11 Å². The zero-order valence-corrected chi connectivity index (χ0v) is 15.7. The summed E-state index contributed by atoms with van der Waals surface area (Å²) in [6.45, 7) is 4.87. The lowest BCUT2D eigenvalue weighted by Crippen LogP contribution is -2.45. The Morgan fingerprint density at radius 1 is 1.42 bits per heavy atom. The molecule has 1 atom stereocenters. The molecular formula is C18H25ClN6O. The molecule has 0 bridgehead atoms. The molecule has 1 aliphatic heterocycles. The van der Waals surface area contributed by atoms with Gasteiger partial charge in [0.25, 0.3) is 0 Å². The van der Waals surface area contributed by atoms with Crippen molar-refractivity contribution in [2.24, 2.45) is 4.99 Å². The van der Waals surface area contributed by atoms with Crippen LogP contribution in [0.1, 0.15) is 43.2 Å². The van der Waals surface area contributed by atoms with E-state index in [-0.39, 0.29) is 6.54 Å². The molecule has 2 heterocycles. The number of aromatic amines is 1. The van der Waals surface area contributed by atoms with E-state index in [1.807, 2.05) is 25.1 Å². The van der Waals surface area contributed by atoms with Gasteiger partial charge in [-0.05, 0) is 25.8 Å². The predicted molar refractivity (Wildman–Crippen MR) is 102 cm³/mol. The van der Waals surface area contributed by atoms with Crippen molar-refractivity contribution >= 4 is 17.6 Å². The number of piperidine rings is 1. The fourth-order valence-corrected chi connectivity index (χ4v) is 3.48. The first kappa shape index (κ1) is 18.7. The normalized spacial score (nSPS) is 17.3. The number of nitrogens with zero attached hydrogens (tertiary/aromatic N) is 4. The summed E-state index contributed by atoms with van der Waals surface area (Å²) in [7, 11) is 0. The van der Waals surface area contributed by atoms with E-state index in [0.29, 0.717) is 16.5 Å². The van der Waals surface area contributed by atoms with Gasteiger partial charge < -0.3 is 15.3 Å². The molecule has 1 aromatic heterocycles. The molecule has 8 heteroatoms. The molecule has 0 spiro atoms. The molecule has 0 aliphatic carbocycles. The van der Waals surface area contributed by atoms with Crippen LogP contribution in [0.25, 0.3) is 0 Å². The van der Waals surface area contributed by atoms with Gasteiger partial charge in [0.1, 0.15) is 18.3 Å². The minimum atomic E-state index is -0.718. The Labute approximate surface area is 158 Å². The molecule has 3 rings (SSSR count). The number of halogens is 1. The second-order valence-corrected chi connectivity index (χ2v) is 6.77. The van der Waals surface area contributed by atoms with E-state index in [1.165, 1.54) is 0 Å². The first-order valence-electron chi connectivity index (χ1n) is 9.00. The Morgan fingerprint density at radius 2 is 2.19 bits per heavy atom. The maximum Gasteiger partial charge on any atom is 0.194 e. The van der Waals surface area contributed by atoms with Gasteiger partial charge >= 0.3 is 0 Å². The van der Waals surface area contributed by atoms with Crippen molar-refractivity contribution in [2.45, 2.75) is 31.8 Å². The van der Waals surface area contributed by atoms with Crippen LogP contribution in [0, 0.1) is 0 Å². The zero-order valence-electron chi connectivity index (χ0n) is 14.9. The van der Waals surface area contributed by atoms with Crippen molar-refractivity contribution in [3.63, 3.8) is 0 Å². The molecular weight excluding hydrogens is 352 g/mol. The third-order valence-corrected chi connectivity index (χ3v) is 4.97. The molecule has 0 radical (unpaired) electrons. The number of rotatable bonds is 5. The average Bonchev–Trinajstić information content (AvgIpc) is 3.20. The largest absolute Gasteiger partial charge is 0.386 e. The lowest BCUT2D eigenvalue weighted by molar-refractivity contribution is 0.186. The SMILES string of the molecule is CCNC(=NCC(O)c1ccccc1Cl)N1CCC(c2ncn[nH]2)CC1. The first-order valence-corrected chi connectivity index (χ1v) is 9.37. The number of aliphatic hydroxyl groups excluding tert-OH is 1. The second-order valence-electron chi connectivity index (χ2n) is 6.36. The highest BCUT2D eigenvalue weighted by atomic mass is 35.5. The third kappa shape index (κ3) is 4.53. The number of H-pyrrole nitrogens is 1. The molecule has 0 saturated carbocycles. The van der Waals surface area contributed by atoms with E-state index in [1.54, 1.807) is 12.4 Å². The van der Waals surface area contributed by atoms with E-state index >= 15 is 0 Å². The summed E-state index contributed by atoms with van der Waals surface area (Å²) in [6, 6.07) is 7.33. The number of hydrogen-bond acceptors (Lipinski definition) is 4. The van der Waals surface area contributed by atoms with Crippen LogP contribution in [0.15, 0.2) is 35.6 Å². The number of aliphatic imine (C=N–C) groups is 1. The number of benzene rings is 1. The molecule has 7 nitrogen and oxygen atoms in total. The number of guanidine groups is 1. The summed E-state index contributed by atoms with van der Waals surface area (Å²) in [5.74, 6) is 2.20. The summed E-state index contributed by atoms with van der Waals surface area (Å²) < 4.78 is 0. The molecule has 1 unspecified atom stereocenters. The molecule has 3 N–H and O–H groups in total. The van der Waals surface area contributed by atoms with Gasteiger partial charge in [-0.15, -0.1) is 0 Å². The highest BCUT2D eigenvalue weighted by Gasteiger charge is 2.24. The lowest BCUT2D eigenvalue weighted by atomic mass is 9.96. The van der Waals surface area contributed by atoms with Gasteiger partial charge in [-0.1, -0.05) is 29.8 Å². The molecule has 1 fully saturated rings. The van der Waals surface area contributed by atoms with Crippen molar-refractivity contribution in [1.29, 1.82) is 0 Å². The van der Waals surface area contributed by atoms with Crippen LogP contribution in [-0.2, 0) is 0 Å². The van der Waals surface area contributed by atoms with Crippen molar-refractivity contribution < 1.29 is 5.11 Å². The van der Waals surface area contributed by atoms with Crippen molar-refractivity contribution in [3.05, 3.63) is 47.0 Å². The standard InChI is InChI=1S/C18H25ClN6O/c1-2-20-18(21-11-16(26)14-5-3-4-6-15(14)19)25-9-7-13(8-10-25)17-22-12-23-24-17/h3-6,12-13,16,26H,2,7-11H2,1H3,(H,20,21)(H,22,23,24). The zero-order chi connectivity index (χ0) is 18.4. The van der Waals surface area contributed by atoms with E-state index in [0.717, 1.165) is 44.3 Å². The maximum atomic E-state index is 10.4. The summed E-state index contributed by atoms with van der Waals surface area (Å²) in [6.07, 6.45) is 2.83. The third-order valence-electron chi connectivity index (χ3n) is 4.63. The summed E-state index contributed by atoms with van der Waals surface area (Å²) in [5.41, 5.74) is 0.706. The fraction of sp³-hybridized carbons (Fsp3) is 0.500. The van der Waals surface area contributed by atoms with Crippen LogP contribution >= 0.6 is 11.6 Å². The number of aromatic nitrogens is 3. The Hall–Kier alpha value is -2.12. The van der Waals surface area contributed by atoms with Crippen molar-refractivity contribution in [1.82, 2.24) is 25.4 Å². The molecule has 1 saturated heterocycles. The quantitative estimate of drug-likeness (QED) is 0.550. The van der Waals surface area contributed by atoms with Crippen LogP contribution in [0.2, 0.25) is 5.02 Å². The van der Waals surface area contributed by atoms with E-state index < -0.39 is 6.10 Å². The van der Waals surface area contributed by atoms with Gasteiger partial charge in [0.05, 0.1) is 6.54 Å². The minimum Gasteiger partial charge on any atom is -0.386 e. The number of aliphatic hydroxyl groups is 1. The smallest absolute Gasteiger partial charge is 0.194 e. The fourth-order valence-electron chi connectivity index (χ4n) is 3.22. The van der Waals surface area contributed by atoms with Crippen LogP contribution in [-0.4, -0.2) is 57.3 Å². The van der Waals surface area contributed by atoms with Gasteiger partial charge in [-0.3, -0.25) is 10.1 Å². The van der Waals surface area contributed by atoms with Crippen LogP contribution in [0.5, 0.6) is 0 Å². The molecule has 2 aromatic rings. The first-order chi connectivity index (χ1) is 12.7. The topological polar surface area (TPSA) is 89.4 Å². The van der Waals surface area contributed by atoms with Gasteiger partial charge in [-0.2, -0.15) is 5.10 Å². The van der Waals surface area contributed by atoms with Crippen LogP contribution < -0.4 is 5.32 Å². The maximum absolute atomic E-state index is 10.4. The van der Waals surface area contributed by atoms with Crippen LogP contribution in [0.4, 0.5) is 0 Å². The molecule has 1 aliphatic rings. The number of likely N-dealkylation sites (tertiary alicyclic amines) is 1. The second kappa shape index (κ2) is 9.00. The highest BCUT2D eigenvalue weighted by molar-refractivity contribution is 6.31. The summed E-state index contributed by atoms with van der Waals surface area (Å²) in [4.78, 5) is 11.1. The summed E-state index contributed by atoms with van der Waals surface area (Å²) in [5, 5.41) is 21.2. The van der Waals surface area contributed by atoms with Gasteiger partial charge in [0.15, 0.2) is 5.96 Å². The number of nitrogens with one attached hydrogen (secondary N) is 2. The monoisotopic (exact) mass is 376 g/mol. The Bertz CT molecular complexity index is 712. The van der Waals surface area contributed by atoms with Gasteiger partial charge in [0.2, 0.25) is 0 Å². The van der Waals surface area contributed by atoms with Gasteiger partial charge in [-0.25, -0.2) is 4.98 Å². The molecule has 26 heavy (non-hydrogen) atoms. The molecule has 0 amide bonds. The van der Waals surface area contributed by atoms with E-state index in [2.05, 4.69) is 30.4 Å². The Morgan fingerprint density at radius 3 is 2.85 bits per heavy atom. The van der Waals surface area contributed by atoms with Gasteiger partial charge in [0, 0.05) is 36.1 Å².